The second-order valence-corrected chi connectivity index (χ2v) is 9.87. The number of aromatic hydroxyl groups is 1. The summed E-state index contributed by atoms with van der Waals surface area (Å²) in [6.07, 6.45) is 0.506. The maximum absolute atomic E-state index is 13.1. The molecule has 0 bridgehead atoms. The van der Waals surface area contributed by atoms with E-state index in [2.05, 4.69) is 28.6 Å². The van der Waals surface area contributed by atoms with Crippen LogP contribution in [-0.2, 0) is 32.0 Å². The van der Waals surface area contributed by atoms with E-state index in [0.717, 1.165) is 5.56 Å². The minimum absolute atomic E-state index is 0.00485. The van der Waals surface area contributed by atoms with Gasteiger partial charge in [-0.15, -0.1) is 0 Å². The van der Waals surface area contributed by atoms with Crippen LogP contribution in [0.25, 0.3) is 0 Å². The van der Waals surface area contributed by atoms with Crippen molar-refractivity contribution >= 4 is 36.3 Å². The zero-order valence-corrected chi connectivity index (χ0v) is 22.4. The Hall–Kier alpha value is -3.57. The van der Waals surface area contributed by atoms with Crippen LogP contribution >= 0.6 is 12.6 Å². The molecule has 0 saturated carbocycles. The van der Waals surface area contributed by atoms with E-state index in [9.17, 15) is 29.4 Å². The molecule has 0 aliphatic rings. The number of rotatable bonds is 14. The van der Waals surface area contributed by atoms with Gasteiger partial charge in [-0.2, -0.15) is 12.6 Å². The number of hydrogen-bond donors (Lipinski definition) is 7. The molecule has 2 aromatic carbocycles. The molecule has 10 nitrogen and oxygen atoms in total. The molecular formula is C27H36N4O6S. The van der Waals surface area contributed by atoms with Gasteiger partial charge in [0.25, 0.3) is 0 Å². The summed E-state index contributed by atoms with van der Waals surface area (Å²) in [4.78, 5) is 50.5. The lowest BCUT2D eigenvalue weighted by Gasteiger charge is -2.25. The highest BCUT2D eigenvalue weighted by Crippen LogP contribution is 2.12. The Morgan fingerprint density at radius 3 is 1.87 bits per heavy atom. The average Bonchev–Trinajstić information content (AvgIpc) is 2.87. The third kappa shape index (κ3) is 10.1. The van der Waals surface area contributed by atoms with Crippen molar-refractivity contribution in [1.82, 2.24) is 16.0 Å². The summed E-state index contributed by atoms with van der Waals surface area (Å²) in [5, 5.41) is 26.8. The Kier molecular flexibility index (Phi) is 12.1. The van der Waals surface area contributed by atoms with Gasteiger partial charge in [0.05, 0.1) is 6.04 Å². The van der Waals surface area contributed by atoms with Crippen LogP contribution in [0.2, 0.25) is 0 Å². The standard InChI is InChI=1S/C27H36N4O6S/c1-16(2)12-21(25(34)30-22(27(36)37)14-18-8-10-19(32)11-9-18)29-26(35)23(15-38)31-24(33)20(28)13-17-6-4-3-5-7-17/h3-11,16,20-23,32,38H,12-15,28H2,1-2H3,(H,29,35)(H,30,34)(H,31,33)(H,36,37). The van der Waals surface area contributed by atoms with E-state index in [1.165, 1.54) is 12.1 Å². The van der Waals surface area contributed by atoms with Crippen molar-refractivity contribution in [3.63, 3.8) is 0 Å². The minimum atomic E-state index is -1.25. The van der Waals surface area contributed by atoms with Crippen LogP contribution in [0.4, 0.5) is 0 Å². The fourth-order valence-electron chi connectivity index (χ4n) is 3.75. The first-order valence-corrected chi connectivity index (χ1v) is 13.0. The van der Waals surface area contributed by atoms with Crippen LogP contribution < -0.4 is 21.7 Å². The smallest absolute Gasteiger partial charge is 0.326 e. The second-order valence-electron chi connectivity index (χ2n) is 9.50. The summed E-state index contributed by atoms with van der Waals surface area (Å²) < 4.78 is 0. The first-order chi connectivity index (χ1) is 18.0. The fraction of sp³-hybridized carbons (Fsp3) is 0.407. The van der Waals surface area contributed by atoms with E-state index in [1.54, 1.807) is 12.1 Å². The number of nitrogens with two attached hydrogens (primary N) is 1. The lowest BCUT2D eigenvalue weighted by atomic mass is 10.0. The number of nitrogens with one attached hydrogen (secondary N) is 3. The van der Waals surface area contributed by atoms with Crippen molar-refractivity contribution in [2.75, 3.05) is 5.75 Å². The van der Waals surface area contributed by atoms with Crippen LogP contribution in [0, 0.1) is 5.92 Å². The van der Waals surface area contributed by atoms with Gasteiger partial charge in [-0.3, -0.25) is 14.4 Å². The van der Waals surface area contributed by atoms with Gasteiger partial charge in [-0.25, -0.2) is 4.79 Å². The number of thiol groups is 1. The SMILES string of the molecule is CC(C)CC(NC(=O)C(CS)NC(=O)C(N)Cc1ccccc1)C(=O)NC(Cc1ccc(O)cc1)C(=O)O. The zero-order valence-electron chi connectivity index (χ0n) is 21.5. The third-order valence-electron chi connectivity index (χ3n) is 5.78. The molecule has 0 aromatic heterocycles. The Morgan fingerprint density at radius 2 is 1.32 bits per heavy atom. The summed E-state index contributed by atoms with van der Waals surface area (Å²) in [5.74, 6) is -3.08. The molecule has 0 aliphatic heterocycles. The van der Waals surface area contributed by atoms with Crippen LogP contribution in [0.15, 0.2) is 54.6 Å². The summed E-state index contributed by atoms with van der Waals surface area (Å²) in [6.45, 7) is 3.72. The van der Waals surface area contributed by atoms with Crippen molar-refractivity contribution in [3.8, 4) is 5.75 Å². The highest BCUT2D eigenvalue weighted by Gasteiger charge is 2.30. The molecule has 0 heterocycles. The lowest BCUT2D eigenvalue weighted by molar-refractivity contribution is -0.142. The average molecular weight is 545 g/mol. The van der Waals surface area contributed by atoms with E-state index >= 15 is 0 Å². The van der Waals surface area contributed by atoms with E-state index in [-0.39, 0.29) is 36.7 Å². The Bertz CT molecular complexity index is 1080. The van der Waals surface area contributed by atoms with Crippen LogP contribution in [0.5, 0.6) is 5.75 Å². The predicted molar refractivity (Wildman–Crippen MR) is 147 cm³/mol. The minimum Gasteiger partial charge on any atom is -0.508 e. The first-order valence-electron chi connectivity index (χ1n) is 12.3. The van der Waals surface area contributed by atoms with E-state index < -0.39 is 47.9 Å². The van der Waals surface area contributed by atoms with Crippen molar-refractivity contribution in [3.05, 3.63) is 65.7 Å². The zero-order chi connectivity index (χ0) is 28.2. The van der Waals surface area contributed by atoms with Crippen molar-refractivity contribution in [2.45, 2.75) is 57.3 Å². The molecule has 0 saturated heterocycles. The topological polar surface area (TPSA) is 171 Å². The van der Waals surface area contributed by atoms with Gasteiger partial charge in [-0.05, 0) is 42.0 Å². The summed E-state index contributed by atoms with van der Waals surface area (Å²) in [5.41, 5.74) is 7.49. The molecular weight excluding hydrogens is 508 g/mol. The maximum atomic E-state index is 13.1. The molecule has 0 fully saturated rings. The first kappa shape index (κ1) is 30.7. The largest absolute Gasteiger partial charge is 0.508 e. The second kappa shape index (κ2) is 15.0. The maximum Gasteiger partial charge on any atom is 0.326 e. The Labute approximate surface area is 227 Å². The van der Waals surface area contributed by atoms with Crippen molar-refractivity contribution in [1.29, 1.82) is 0 Å². The molecule has 0 radical (unpaired) electrons. The van der Waals surface area contributed by atoms with E-state index in [4.69, 9.17) is 5.73 Å². The molecule has 4 unspecified atom stereocenters. The van der Waals surface area contributed by atoms with Crippen LogP contribution in [-0.4, -0.2) is 63.8 Å². The molecule has 11 heteroatoms. The number of aliphatic carboxylic acids is 1. The highest BCUT2D eigenvalue weighted by atomic mass is 32.1. The van der Waals surface area contributed by atoms with Gasteiger partial charge in [-0.1, -0.05) is 56.3 Å². The third-order valence-corrected chi connectivity index (χ3v) is 6.15. The van der Waals surface area contributed by atoms with Crippen molar-refractivity contribution < 1.29 is 29.4 Å². The van der Waals surface area contributed by atoms with Gasteiger partial charge in [0.1, 0.15) is 23.9 Å². The van der Waals surface area contributed by atoms with Gasteiger partial charge < -0.3 is 31.9 Å². The molecule has 2 rings (SSSR count). The van der Waals surface area contributed by atoms with Gasteiger partial charge in [0.15, 0.2) is 0 Å². The van der Waals surface area contributed by atoms with Gasteiger partial charge >= 0.3 is 5.97 Å². The van der Waals surface area contributed by atoms with Gasteiger partial charge in [0, 0.05) is 12.2 Å². The molecule has 7 N–H and O–H groups in total. The van der Waals surface area contributed by atoms with Crippen LogP contribution in [0.3, 0.4) is 0 Å². The molecule has 0 aliphatic carbocycles. The number of benzene rings is 2. The summed E-state index contributed by atoms with van der Waals surface area (Å²) in [7, 11) is 0. The number of carboxylic acid groups (broad SMARTS) is 1. The number of carbonyl (C=O) groups is 4. The summed E-state index contributed by atoms with van der Waals surface area (Å²) in [6, 6.07) is 11.0. The van der Waals surface area contributed by atoms with Crippen molar-refractivity contribution in [2.24, 2.45) is 11.7 Å². The van der Waals surface area contributed by atoms with E-state index in [1.807, 2.05) is 44.2 Å². The molecule has 3 amide bonds. The van der Waals surface area contributed by atoms with E-state index in [0.29, 0.717) is 5.56 Å². The molecule has 4 atom stereocenters. The normalized spacial score (nSPS) is 14.1. The molecule has 2 aromatic rings. The predicted octanol–water partition coefficient (Wildman–Crippen LogP) is 1.02. The quantitative estimate of drug-likeness (QED) is 0.174. The number of carbonyl (C=O) groups excluding carboxylic acids is 3. The monoisotopic (exact) mass is 544 g/mol. The Balaban J connectivity index is 2.05. The van der Waals surface area contributed by atoms with Gasteiger partial charge in [0.2, 0.25) is 17.7 Å². The fourth-order valence-corrected chi connectivity index (χ4v) is 4.01. The number of amides is 3. The highest BCUT2D eigenvalue weighted by molar-refractivity contribution is 7.80. The molecule has 0 spiro atoms. The van der Waals surface area contributed by atoms with Crippen LogP contribution in [0.1, 0.15) is 31.4 Å². The Morgan fingerprint density at radius 1 is 0.789 bits per heavy atom. The number of phenolic OH excluding ortho intramolecular Hbond substituents is 1. The number of carboxylic acids is 1. The molecule has 206 valence electrons. The summed E-state index contributed by atoms with van der Waals surface area (Å²) >= 11 is 4.17. The number of phenols is 1. The number of hydrogen-bond acceptors (Lipinski definition) is 7. The lowest BCUT2D eigenvalue weighted by Crippen LogP contribution is -2.58. The molecule has 38 heavy (non-hydrogen) atoms.